The van der Waals surface area contributed by atoms with Crippen LogP contribution in [0.15, 0.2) is 12.1 Å². The molecular formula is C15H24N2. The van der Waals surface area contributed by atoms with E-state index in [2.05, 4.69) is 35.9 Å². The first kappa shape index (κ1) is 12.6. The van der Waals surface area contributed by atoms with Gasteiger partial charge in [0, 0.05) is 26.2 Å². The molecule has 2 nitrogen and oxygen atoms in total. The van der Waals surface area contributed by atoms with Crippen molar-refractivity contribution in [2.75, 3.05) is 13.6 Å². The summed E-state index contributed by atoms with van der Waals surface area (Å²) in [4.78, 5) is 4.89. The van der Waals surface area contributed by atoms with Crippen molar-refractivity contribution in [2.24, 2.45) is 0 Å². The molecule has 2 heteroatoms. The monoisotopic (exact) mass is 232 g/mol. The first-order chi connectivity index (χ1) is 8.26. The molecule has 94 valence electrons. The van der Waals surface area contributed by atoms with E-state index in [1.165, 1.54) is 6.54 Å². The van der Waals surface area contributed by atoms with E-state index in [4.69, 9.17) is 0 Å². The second-order valence-corrected chi connectivity index (χ2v) is 4.87. The van der Waals surface area contributed by atoms with Crippen LogP contribution in [0.4, 0.5) is 0 Å². The van der Waals surface area contributed by atoms with Gasteiger partial charge in [0.15, 0.2) is 0 Å². The molecule has 0 radical (unpaired) electrons. The fourth-order valence-electron chi connectivity index (χ4n) is 2.78. The Labute approximate surface area is 105 Å². The minimum atomic E-state index is 1.13. The summed E-state index contributed by atoms with van der Waals surface area (Å²) in [6.45, 7) is 12.0. The van der Waals surface area contributed by atoms with E-state index in [1.54, 1.807) is 22.3 Å². The molecule has 1 aromatic rings. The van der Waals surface area contributed by atoms with Crippen molar-refractivity contribution in [3.63, 3.8) is 0 Å². The third-order valence-electron chi connectivity index (χ3n) is 3.64. The highest BCUT2D eigenvalue weighted by molar-refractivity contribution is 5.42. The van der Waals surface area contributed by atoms with Gasteiger partial charge in [-0.05, 0) is 35.8 Å². The number of hydrogen-bond acceptors (Lipinski definition) is 2. The Balaban J connectivity index is 0.000000514. The van der Waals surface area contributed by atoms with Gasteiger partial charge in [-0.25, -0.2) is 0 Å². The van der Waals surface area contributed by atoms with Crippen LogP contribution in [-0.2, 0) is 26.2 Å². The van der Waals surface area contributed by atoms with Crippen LogP contribution < -0.4 is 0 Å². The molecule has 0 N–H and O–H groups in total. The fourth-order valence-corrected chi connectivity index (χ4v) is 2.78. The molecule has 0 bridgehead atoms. The van der Waals surface area contributed by atoms with Crippen LogP contribution in [0.3, 0.4) is 0 Å². The van der Waals surface area contributed by atoms with E-state index in [-0.39, 0.29) is 0 Å². The maximum absolute atomic E-state index is 2.50. The van der Waals surface area contributed by atoms with E-state index in [9.17, 15) is 0 Å². The summed E-state index contributed by atoms with van der Waals surface area (Å²) in [5, 5.41) is 0. The van der Waals surface area contributed by atoms with E-state index in [0.717, 1.165) is 26.2 Å². The van der Waals surface area contributed by atoms with Crippen LogP contribution in [0.25, 0.3) is 0 Å². The molecular weight excluding hydrogens is 208 g/mol. The molecule has 0 aromatic heterocycles. The van der Waals surface area contributed by atoms with Crippen molar-refractivity contribution < 1.29 is 0 Å². The Morgan fingerprint density at radius 2 is 1.29 bits per heavy atom. The zero-order valence-electron chi connectivity index (χ0n) is 11.6. The molecule has 2 aliphatic heterocycles. The Morgan fingerprint density at radius 3 is 1.71 bits per heavy atom. The normalized spacial score (nSPS) is 18.6. The van der Waals surface area contributed by atoms with E-state index >= 15 is 0 Å². The molecule has 0 amide bonds. The lowest BCUT2D eigenvalue weighted by Gasteiger charge is -2.09. The third kappa shape index (κ3) is 2.38. The molecule has 0 spiro atoms. The molecule has 2 aliphatic rings. The highest BCUT2D eigenvalue weighted by Gasteiger charge is 2.23. The van der Waals surface area contributed by atoms with Gasteiger partial charge in [0.05, 0.1) is 0 Å². The highest BCUT2D eigenvalue weighted by Crippen LogP contribution is 2.30. The molecule has 3 rings (SSSR count). The van der Waals surface area contributed by atoms with Crippen LogP contribution in [-0.4, -0.2) is 23.4 Å². The minimum absolute atomic E-state index is 1.13. The van der Waals surface area contributed by atoms with Crippen LogP contribution in [0.1, 0.15) is 43.0 Å². The molecule has 0 fully saturated rings. The number of rotatable bonds is 1. The molecule has 0 unspecified atom stereocenters. The van der Waals surface area contributed by atoms with Crippen LogP contribution >= 0.6 is 0 Å². The van der Waals surface area contributed by atoms with Gasteiger partial charge in [-0.15, -0.1) is 0 Å². The summed E-state index contributed by atoms with van der Waals surface area (Å²) in [5.41, 5.74) is 6.22. The molecule has 0 saturated carbocycles. The largest absolute Gasteiger partial charge is 0.298 e. The van der Waals surface area contributed by atoms with Crippen molar-refractivity contribution in [1.82, 2.24) is 9.80 Å². The summed E-state index contributed by atoms with van der Waals surface area (Å²) in [6.07, 6.45) is 0. The number of benzene rings is 1. The Morgan fingerprint density at radius 1 is 0.882 bits per heavy atom. The lowest BCUT2D eigenvalue weighted by Crippen LogP contribution is -2.14. The maximum atomic E-state index is 2.50. The van der Waals surface area contributed by atoms with Gasteiger partial charge in [0.25, 0.3) is 0 Å². The highest BCUT2D eigenvalue weighted by atomic mass is 15.1. The maximum Gasteiger partial charge on any atom is 0.0240 e. The molecule has 0 aliphatic carbocycles. The number of nitrogens with zero attached hydrogens (tertiary/aromatic N) is 2. The van der Waals surface area contributed by atoms with Crippen LogP contribution in [0, 0.1) is 0 Å². The summed E-state index contributed by atoms with van der Waals surface area (Å²) in [6, 6.07) is 4.87. The van der Waals surface area contributed by atoms with Crippen molar-refractivity contribution >= 4 is 0 Å². The van der Waals surface area contributed by atoms with E-state index < -0.39 is 0 Å². The first-order valence-electron chi connectivity index (χ1n) is 6.80. The van der Waals surface area contributed by atoms with Crippen molar-refractivity contribution in [2.45, 2.75) is 47.0 Å². The van der Waals surface area contributed by atoms with E-state index in [0.29, 0.717) is 0 Å². The zero-order valence-corrected chi connectivity index (χ0v) is 11.6. The predicted octanol–water partition coefficient (Wildman–Crippen LogP) is 2.99. The first-order valence-corrected chi connectivity index (χ1v) is 6.80. The van der Waals surface area contributed by atoms with Gasteiger partial charge >= 0.3 is 0 Å². The van der Waals surface area contributed by atoms with Crippen LogP contribution in [0.5, 0.6) is 0 Å². The molecule has 2 heterocycles. The Kier molecular flexibility index (Phi) is 3.85. The van der Waals surface area contributed by atoms with Crippen molar-refractivity contribution in [3.8, 4) is 0 Å². The fraction of sp³-hybridized carbons (Fsp3) is 0.600. The summed E-state index contributed by atoms with van der Waals surface area (Å²) in [7, 11) is 2.20. The summed E-state index contributed by atoms with van der Waals surface area (Å²) < 4.78 is 0. The smallest absolute Gasteiger partial charge is 0.0240 e. The Bertz CT molecular complexity index is 363. The number of fused-ring (bicyclic) bond motifs is 2. The molecule has 0 atom stereocenters. The lowest BCUT2D eigenvalue weighted by atomic mass is 10.0. The SMILES string of the molecule is CC.CCN1Cc2cc3c(cc2C1)CN(C)C3. The molecule has 17 heavy (non-hydrogen) atoms. The quantitative estimate of drug-likeness (QED) is 0.734. The average Bonchev–Trinajstić information content (AvgIpc) is 2.89. The van der Waals surface area contributed by atoms with E-state index in [1.807, 2.05) is 13.8 Å². The lowest BCUT2D eigenvalue weighted by molar-refractivity contribution is 0.300. The average molecular weight is 232 g/mol. The summed E-state index contributed by atoms with van der Waals surface area (Å²) >= 11 is 0. The molecule has 1 aromatic carbocycles. The van der Waals surface area contributed by atoms with Gasteiger partial charge in [-0.2, -0.15) is 0 Å². The topological polar surface area (TPSA) is 6.48 Å². The number of hydrogen-bond donors (Lipinski definition) is 0. The summed E-state index contributed by atoms with van der Waals surface area (Å²) in [5.74, 6) is 0. The van der Waals surface area contributed by atoms with Gasteiger partial charge in [-0.3, -0.25) is 9.80 Å². The van der Waals surface area contributed by atoms with Gasteiger partial charge in [-0.1, -0.05) is 32.9 Å². The van der Waals surface area contributed by atoms with Gasteiger partial charge < -0.3 is 0 Å². The Hall–Kier alpha value is -0.860. The molecule has 0 saturated heterocycles. The van der Waals surface area contributed by atoms with Gasteiger partial charge in [0.1, 0.15) is 0 Å². The minimum Gasteiger partial charge on any atom is -0.298 e. The standard InChI is InChI=1S/C13H18N2.C2H6/c1-3-15-8-12-4-10-6-14(2)7-11(10)5-13(12)9-15;1-2/h4-5H,3,6-9H2,1-2H3;1-2H3. The third-order valence-corrected chi connectivity index (χ3v) is 3.64. The second kappa shape index (κ2) is 5.19. The van der Waals surface area contributed by atoms with Gasteiger partial charge in [0.2, 0.25) is 0 Å². The zero-order chi connectivity index (χ0) is 12.4. The van der Waals surface area contributed by atoms with Crippen molar-refractivity contribution in [3.05, 3.63) is 34.4 Å². The second-order valence-electron chi connectivity index (χ2n) is 4.87. The van der Waals surface area contributed by atoms with Crippen molar-refractivity contribution in [1.29, 1.82) is 0 Å². The predicted molar refractivity (Wildman–Crippen MR) is 72.7 cm³/mol. The van der Waals surface area contributed by atoms with Crippen LogP contribution in [0.2, 0.25) is 0 Å².